The Morgan fingerprint density at radius 3 is 2.80 bits per heavy atom. The standard InChI is InChI=1S/C6H11ClO3/c1-5(3-2-4-7)10-6(8)9/h5H,2-4H2,1H3,(H,8,9). The van der Waals surface area contributed by atoms with Gasteiger partial charge >= 0.3 is 6.16 Å². The first-order valence-electron chi connectivity index (χ1n) is 3.12. The van der Waals surface area contributed by atoms with E-state index in [1.807, 2.05) is 0 Å². The van der Waals surface area contributed by atoms with Crippen molar-refractivity contribution in [3.63, 3.8) is 0 Å². The predicted molar refractivity (Wildman–Crippen MR) is 38.5 cm³/mol. The van der Waals surface area contributed by atoms with Gasteiger partial charge in [0.1, 0.15) is 6.10 Å². The van der Waals surface area contributed by atoms with E-state index in [0.717, 1.165) is 6.42 Å². The number of carbonyl (C=O) groups is 1. The van der Waals surface area contributed by atoms with E-state index in [-0.39, 0.29) is 6.10 Å². The molecule has 0 fully saturated rings. The third kappa shape index (κ3) is 5.69. The lowest BCUT2D eigenvalue weighted by Crippen LogP contribution is -2.12. The summed E-state index contributed by atoms with van der Waals surface area (Å²) < 4.78 is 4.41. The molecule has 1 N–H and O–H groups in total. The molecule has 3 nitrogen and oxygen atoms in total. The minimum absolute atomic E-state index is 0.240. The van der Waals surface area contributed by atoms with Crippen LogP contribution >= 0.6 is 11.6 Å². The number of halogens is 1. The average Bonchev–Trinajstić information content (AvgIpc) is 1.82. The van der Waals surface area contributed by atoms with E-state index < -0.39 is 6.16 Å². The smallest absolute Gasteiger partial charge is 0.450 e. The van der Waals surface area contributed by atoms with Gasteiger partial charge in [-0.2, -0.15) is 0 Å². The second-order valence-corrected chi connectivity index (χ2v) is 2.40. The fourth-order valence-corrected chi connectivity index (χ4v) is 0.750. The van der Waals surface area contributed by atoms with Crippen LogP contribution in [0.3, 0.4) is 0 Å². The van der Waals surface area contributed by atoms with Gasteiger partial charge in [-0.1, -0.05) is 0 Å². The summed E-state index contributed by atoms with van der Waals surface area (Å²) in [4.78, 5) is 9.92. The predicted octanol–water partition coefficient (Wildman–Crippen LogP) is 2.09. The molecule has 1 unspecified atom stereocenters. The number of alkyl halides is 1. The van der Waals surface area contributed by atoms with Crippen molar-refractivity contribution >= 4 is 17.8 Å². The van der Waals surface area contributed by atoms with Gasteiger partial charge in [0.25, 0.3) is 0 Å². The third-order valence-electron chi connectivity index (χ3n) is 1.05. The van der Waals surface area contributed by atoms with Gasteiger partial charge in [0.05, 0.1) is 0 Å². The number of hydrogen-bond donors (Lipinski definition) is 1. The Kier molecular flexibility index (Phi) is 5.12. The molecular weight excluding hydrogens is 156 g/mol. The van der Waals surface area contributed by atoms with E-state index in [2.05, 4.69) is 4.74 Å². The van der Waals surface area contributed by atoms with Crippen LogP contribution in [0, 0.1) is 0 Å². The largest absolute Gasteiger partial charge is 0.506 e. The summed E-state index contributed by atoms with van der Waals surface area (Å²) >= 11 is 5.38. The first kappa shape index (κ1) is 9.56. The summed E-state index contributed by atoms with van der Waals surface area (Å²) in [6, 6.07) is 0. The van der Waals surface area contributed by atoms with Crippen LogP contribution in [0.5, 0.6) is 0 Å². The van der Waals surface area contributed by atoms with Crippen LogP contribution in [0.1, 0.15) is 19.8 Å². The molecule has 0 amide bonds. The first-order valence-corrected chi connectivity index (χ1v) is 3.65. The van der Waals surface area contributed by atoms with E-state index in [1.54, 1.807) is 6.92 Å². The molecule has 0 rings (SSSR count). The molecule has 4 heteroatoms. The maximum Gasteiger partial charge on any atom is 0.506 e. The minimum atomic E-state index is -1.22. The van der Waals surface area contributed by atoms with Crippen molar-refractivity contribution in [2.45, 2.75) is 25.9 Å². The SMILES string of the molecule is CC(CCCCl)OC(=O)O. The Balaban J connectivity index is 3.25. The van der Waals surface area contributed by atoms with Gasteiger partial charge in [-0.3, -0.25) is 0 Å². The quantitative estimate of drug-likeness (QED) is 0.514. The summed E-state index contributed by atoms with van der Waals surface area (Å²) in [6.45, 7) is 1.71. The monoisotopic (exact) mass is 166 g/mol. The molecule has 60 valence electrons. The molecule has 0 aliphatic rings. The van der Waals surface area contributed by atoms with Crippen molar-refractivity contribution in [2.24, 2.45) is 0 Å². The van der Waals surface area contributed by atoms with E-state index in [1.165, 1.54) is 0 Å². The molecule has 0 heterocycles. The fraction of sp³-hybridized carbons (Fsp3) is 0.833. The van der Waals surface area contributed by atoms with Crippen LogP contribution in [-0.4, -0.2) is 23.2 Å². The molecule has 0 aromatic carbocycles. The lowest BCUT2D eigenvalue weighted by molar-refractivity contribution is 0.0556. The lowest BCUT2D eigenvalue weighted by atomic mass is 10.2. The molecule has 0 aromatic rings. The van der Waals surface area contributed by atoms with Crippen molar-refractivity contribution < 1.29 is 14.6 Å². The van der Waals surface area contributed by atoms with Crippen LogP contribution in [0.4, 0.5) is 4.79 Å². The molecule has 0 bridgehead atoms. The summed E-state index contributed by atoms with van der Waals surface area (Å²) in [5.41, 5.74) is 0. The second kappa shape index (κ2) is 5.35. The highest BCUT2D eigenvalue weighted by molar-refractivity contribution is 6.17. The zero-order valence-corrected chi connectivity index (χ0v) is 6.60. The maximum atomic E-state index is 9.92. The van der Waals surface area contributed by atoms with Crippen molar-refractivity contribution in [1.29, 1.82) is 0 Å². The third-order valence-corrected chi connectivity index (χ3v) is 1.31. The molecule has 0 radical (unpaired) electrons. The molecule has 0 saturated heterocycles. The summed E-state index contributed by atoms with van der Waals surface area (Å²) in [5.74, 6) is 0.549. The number of hydrogen-bond acceptors (Lipinski definition) is 2. The van der Waals surface area contributed by atoms with Gasteiger partial charge in [-0.15, -0.1) is 11.6 Å². The molecule has 0 spiro atoms. The molecule has 0 saturated carbocycles. The van der Waals surface area contributed by atoms with Gasteiger partial charge in [0.2, 0.25) is 0 Å². The average molecular weight is 167 g/mol. The van der Waals surface area contributed by atoms with E-state index >= 15 is 0 Å². The van der Waals surface area contributed by atoms with Gasteiger partial charge < -0.3 is 9.84 Å². The lowest BCUT2D eigenvalue weighted by Gasteiger charge is -2.07. The van der Waals surface area contributed by atoms with Crippen LogP contribution in [0.2, 0.25) is 0 Å². The van der Waals surface area contributed by atoms with Gasteiger partial charge in [0, 0.05) is 5.88 Å². The van der Waals surface area contributed by atoms with Crippen LogP contribution in [0.25, 0.3) is 0 Å². The fourth-order valence-electron chi connectivity index (χ4n) is 0.596. The van der Waals surface area contributed by atoms with Gasteiger partial charge in [0.15, 0.2) is 0 Å². The van der Waals surface area contributed by atoms with E-state index in [4.69, 9.17) is 16.7 Å². The Hall–Kier alpha value is -0.440. The Bertz CT molecular complexity index is 105. The van der Waals surface area contributed by atoms with E-state index in [0.29, 0.717) is 12.3 Å². The zero-order valence-electron chi connectivity index (χ0n) is 5.84. The Morgan fingerprint density at radius 1 is 1.80 bits per heavy atom. The highest BCUT2D eigenvalue weighted by atomic mass is 35.5. The summed E-state index contributed by atoms with van der Waals surface area (Å²) in [5, 5.41) is 8.13. The van der Waals surface area contributed by atoms with E-state index in [9.17, 15) is 4.79 Å². The summed E-state index contributed by atoms with van der Waals surface area (Å²) in [6.07, 6.45) is 0.0181. The Morgan fingerprint density at radius 2 is 2.40 bits per heavy atom. The molecular formula is C6H11ClO3. The molecule has 0 aliphatic heterocycles. The van der Waals surface area contributed by atoms with Crippen molar-refractivity contribution in [2.75, 3.05) is 5.88 Å². The maximum absolute atomic E-state index is 9.92. The van der Waals surface area contributed by atoms with Gasteiger partial charge in [-0.25, -0.2) is 4.79 Å². The molecule has 0 aromatic heterocycles. The highest BCUT2D eigenvalue weighted by Crippen LogP contribution is 2.02. The molecule has 0 aliphatic carbocycles. The number of ether oxygens (including phenoxy) is 1. The number of rotatable bonds is 4. The van der Waals surface area contributed by atoms with Crippen molar-refractivity contribution in [3.8, 4) is 0 Å². The van der Waals surface area contributed by atoms with Gasteiger partial charge in [-0.05, 0) is 19.8 Å². The first-order chi connectivity index (χ1) is 4.66. The number of carboxylic acid groups (broad SMARTS) is 1. The van der Waals surface area contributed by atoms with Crippen LogP contribution in [0.15, 0.2) is 0 Å². The normalized spacial score (nSPS) is 12.6. The Labute approximate surface area is 64.9 Å². The summed E-state index contributed by atoms with van der Waals surface area (Å²) in [7, 11) is 0. The second-order valence-electron chi connectivity index (χ2n) is 2.03. The van der Waals surface area contributed by atoms with Crippen LogP contribution in [-0.2, 0) is 4.74 Å². The zero-order chi connectivity index (χ0) is 7.98. The van der Waals surface area contributed by atoms with Crippen LogP contribution < -0.4 is 0 Å². The van der Waals surface area contributed by atoms with Crippen molar-refractivity contribution in [3.05, 3.63) is 0 Å². The molecule has 10 heavy (non-hydrogen) atoms. The van der Waals surface area contributed by atoms with Crippen molar-refractivity contribution in [1.82, 2.24) is 0 Å². The molecule has 1 atom stereocenters. The topological polar surface area (TPSA) is 46.5 Å². The highest BCUT2D eigenvalue weighted by Gasteiger charge is 2.05. The minimum Gasteiger partial charge on any atom is -0.450 e.